The van der Waals surface area contributed by atoms with Crippen LogP contribution in [0.3, 0.4) is 0 Å². The predicted octanol–water partition coefficient (Wildman–Crippen LogP) is 5.66. The third kappa shape index (κ3) is 8.11. The molecule has 1 atom stereocenters. The highest BCUT2D eigenvalue weighted by Crippen LogP contribution is 2.24. The van der Waals surface area contributed by atoms with Gasteiger partial charge in [-0.15, -0.1) is 0 Å². The first-order valence-electron chi connectivity index (χ1n) is 8.49. The summed E-state index contributed by atoms with van der Waals surface area (Å²) in [5.74, 6) is 0. The van der Waals surface area contributed by atoms with E-state index < -0.39 is 8.56 Å². The lowest BCUT2D eigenvalue weighted by molar-refractivity contribution is 0.101. The molecule has 0 heterocycles. The molecule has 0 N–H and O–H groups in total. The molecule has 0 spiro atoms. The standard InChI is InChI=1S/C16H36O2Si/c1-6-11-13-15-17-19(9-4,10-5)18-16(8-3)14-12-7-2/h16H,6-15H2,1-5H3. The first kappa shape index (κ1) is 19.1. The molecule has 0 aliphatic heterocycles. The quantitative estimate of drug-likeness (QED) is 0.321. The molecule has 0 amide bonds. The predicted molar refractivity (Wildman–Crippen MR) is 86.9 cm³/mol. The Bertz CT molecular complexity index is 193. The van der Waals surface area contributed by atoms with Gasteiger partial charge < -0.3 is 8.85 Å². The van der Waals surface area contributed by atoms with Crippen LogP contribution in [0.4, 0.5) is 0 Å². The zero-order chi connectivity index (χ0) is 14.6. The molecule has 0 radical (unpaired) electrons. The van der Waals surface area contributed by atoms with E-state index >= 15 is 0 Å². The minimum absolute atomic E-state index is 0.415. The van der Waals surface area contributed by atoms with Crippen LogP contribution in [0.25, 0.3) is 0 Å². The Kier molecular flexibility index (Phi) is 12.0. The van der Waals surface area contributed by atoms with Crippen molar-refractivity contribution in [3.63, 3.8) is 0 Å². The lowest BCUT2D eigenvalue weighted by Crippen LogP contribution is -2.44. The number of unbranched alkanes of at least 4 members (excludes halogenated alkanes) is 3. The Morgan fingerprint density at radius 3 is 1.95 bits per heavy atom. The van der Waals surface area contributed by atoms with Gasteiger partial charge in [0.15, 0.2) is 0 Å². The number of rotatable bonds is 13. The van der Waals surface area contributed by atoms with Gasteiger partial charge in [-0.2, -0.15) is 0 Å². The Balaban J connectivity index is 4.31. The highest BCUT2D eigenvalue weighted by molar-refractivity contribution is 6.67. The molecule has 0 aromatic heterocycles. The minimum atomic E-state index is -1.93. The summed E-state index contributed by atoms with van der Waals surface area (Å²) in [6, 6.07) is 2.16. The van der Waals surface area contributed by atoms with Crippen LogP contribution in [0, 0.1) is 0 Å². The summed E-state index contributed by atoms with van der Waals surface area (Å²) in [4.78, 5) is 0. The van der Waals surface area contributed by atoms with Crippen LogP contribution < -0.4 is 0 Å². The summed E-state index contributed by atoms with van der Waals surface area (Å²) in [6.07, 6.45) is 8.96. The van der Waals surface area contributed by atoms with Crippen LogP contribution in [0.2, 0.25) is 12.1 Å². The van der Waals surface area contributed by atoms with Crippen LogP contribution in [-0.2, 0) is 8.85 Å². The average Bonchev–Trinajstić information content (AvgIpc) is 2.46. The van der Waals surface area contributed by atoms with Crippen molar-refractivity contribution < 1.29 is 8.85 Å². The lowest BCUT2D eigenvalue weighted by atomic mass is 10.1. The van der Waals surface area contributed by atoms with Gasteiger partial charge in [0.25, 0.3) is 0 Å². The molecule has 0 rings (SSSR count). The second-order valence-electron chi connectivity index (χ2n) is 5.46. The van der Waals surface area contributed by atoms with Crippen molar-refractivity contribution in [1.29, 1.82) is 0 Å². The third-order valence-electron chi connectivity index (χ3n) is 3.91. The van der Waals surface area contributed by atoms with E-state index in [1.165, 1.54) is 38.5 Å². The molecule has 19 heavy (non-hydrogen) atoms. The van der Waals surface area contributed by atoms with Gasteiger partial charge in [-0.1, -0.05) is 60.3 Å². The molecule has 0 saturated carbocycles. The molecule has 2 nitrogen and oxygen atoms in total. The Hall–Kier alpha value is 0.137. The van der Waals surface area contributed by atoms with Crippen LogP contribution in [0.5, 0.6) is 0 Å². The van der Waals surface area contributed by atoms with E-state index in [9.17, 15) is 0 Å². The van der Waals surface area contributed by atoms with E-state index in [1.807, 2.05) is 0 Å². The van der Waals surface area contributed by atoms with Crippen molar-refractivity contribution in [2.24, 2.45) is 0 Å². The van der Waals surface area contributed by atoms with E-state index in [-0.39, 0.29) is 0 Å². The molecule has 116 valence electrons. The summed E-state index contributed by atoms with van der Waals surface area (Å²) in [6.45, 7) is 12.1. The summed E-state index contributed by atoms with van der Waals surface area (Å²) >= 11 is 0. The molecule has 1 unspecified atom stereocenters. The van der Waals surface area contributed by atoms with E-state index in [0.29, 0.717) is 6.10 Å². The smallest absolute Gasteiger partial charge is 0.337 e. The fraction of sp³-hybridized carbons (Fsp3) is 1.00. The van der Waals surface area contributed by atoms with Crippen LogP contribution >= 0.6 is 0 Å². The first-order chi connectivity index (χ1) is 9.17. The van der Waals surface area contributed by atoms with Gasteiger partial charge >= 0.3 is 8.56 Å². The first-order valence-corrected chi connectivity index (χ1v) is 10.7. The lowest BCUT2D eigenvalue weighted by Gasteiger charge is -2.33. The zero-order valence-electron chi connectivity index (χ0n) is 14.0. The van der Waals surface area contributed by atoms with Crippen molar-refractivity contribution in [3.8, 4) is 0 Å². The van der Waals surface area contributed by atoms with Gasteiger partial charge in [0.05, 0.1) is 0 Å². The van der Waals surface area contributed by atoms with E-state index in [0.717, 1.165) is 25.1 Å². The van der Waals surface area contributed by atoms with Gasteiger partial charge in [0, 0.05) is 12.7 Å². The Morgan fingerprint density at radius 1 is 0.842 bits per heavy atom. The van der Waals surface area contributed by atoms with Crippen LogP contribution in [0.15, 0.2) is 0 Å². The second-order valence-corrected chi connectivity index (χ2v) is 9.22. The maximum Gasteiger partial charge on any atom is 0.337 e. The molecule has 0 aromatic rings. The van der Waals surface area contributed by atoms with Gasteiger partial charge in [-0.25, -0.2) is 0 Å². The van der Waals surface area contributed by atoms with Crippen molar-refractivity contribution in [3.05, 3.63) is 0 Å². The van der Waals surface area contributed by atoms with Crippen LogP contribution in [-0.4, -0.2) is 21.3 Å². The largest absolute Gasteiger partial charge is 0.394 e. The third-order valence-corrected chi connectivity index (χ3v) is 7.55. The molecule has 0 aromatic carbocycles. The maximum atomic E-state index is 6.48. The van der Waals surface area contributed by atoms with Gasteiger partial charge in [0.2, 0.25) is 0 Å². The van der Waals surface area contributed by atoms with Crippen molar-refractivity contribution in [2.75, 3.05) is 6.61 Å². The maximum absolute atomic E-state index is 6.48. The highest BCUT2D eigenvalue weighted by atomic mass is 28.4. The Morgan fingerprint density at radius 2 is 1.47 bits per heavy atom. The monoisotopic (exact) mass is 288 g/mol. The number of hydrogen-bond acceptors (Lipinski definition) is 2. The molecule has 0 aliphatic carbocycles. The molecule has 0 fully saturated rings. The summed E-state index contributed by atoms with van der Waals surface area (Å²) < 4.78 is 12.7. The van der Waals surface area contributed by atoms with Crippen molar-refractivity contribution >= 4 is 8.56 Å². The van der Waals surface area contributed by atoms with Gasteiger partial charge in [-0.3, -0.25) is 0 Å². The fourth-order valence-corrected chi connectivity index (χ4v) is 5.06. The number of hydrogen-bond donors (Lipinski definition) is 0. The highest BCUT2D eigenvalue weighted by Gasteiger charge is 2.35. The topological polar surface area (TPSA) is 18.5 Å². The van der Waals surface area contributed by atoms with E-state index in [4.69, 9.17) is 8.85 Å². The minimum Gasteiger partial charge on any atom is -0.394 e. The normalized spacial score (nSPS) is 13.7. The van der Waals surface area contributed by atoms with Crippen molar-refractivity contribution in [1.82, 2.24) is 0 Å². The Labute approximate surface area is 122 Å². The molecule has 0 bridgehead atoms. The van der Waals surface area contributed by atoms with Crippen LogP contribution in [0.1, 0.15) is 79.6 Å². The zero-order valence-corrected chi connectivity index (χ0v) is 15.0. The van der Waals surface area contributed by atoms with Crippen molar-refractivity contribution in [2.45, 2.75) is 97.8 Å². The second kappa shape index (κ2) is 11.9. The summed E-state index contributed by atoms with van der Waals surface area (Å²) in [5, 5.41) is 0. The van der Waals surface area contributed by atoms with Gasteiger partial charge in [0.1, 0.15) is 0 Å². The molecule has 3 heteroatoms. The van der Waals surface area contributed by atoms with Gasteiger partial charge in [-0.05, 0) is 31.4 Å². The molecular formula is C16H36O2Si. The summed E-state index contributed by atoms with van der Waals surface area (Å²) in [5.41, 5.74) is 0. The fourth-order valence-electron chi connectivity index (χ4n) is 2.35. The molecule has 0 saturated heterocycles. The average molecular weight is 289 g/mol. The molecule has 0 aliphatic rings. The summed E-state index contributed by atoms with van der Waals surface area (Å²) in [7, 11) is -1.93. The van der Waals surface area contributed by atoms with E-state index in [1.54, 1.807) is 0 Å². The van der Waals surface area contributed by atoms with E-state index in [2.05, 4.69) is 34.6 Å². The SMILES string of the molecule is CCCCCO[Si](CC)(CC)OC(CC)CCCC. The molecular weight excluding hydrogens is 252 g/mol.